The highest BCUT2D eigenvalue weighted by Gasteiger charge is 2.32. The first-order chi connectivity index (χ1) is 17.2. The molecule has 0 spiro atoms. The van der Waals surface area contributed by atoms with Gasteiger partial charge < -0.3 is 24.8 Å². The molecule has 10 nitrogen and oxygen atoms in total. The number of nitrogens with zero attached hydrogens (tertiary/aromatic N) is 1. The number of ether oxygens (including phenoxy) is 3. The fourth-order valence-corrected chi connectivity index (χ4v) is 3.85. The number of hydrazone groups is 1. The number of methoxy groups -OCH3 is 1. The number of allylic oxidation sites excluding steroid dienone is 1. The molecule has 0 saturated heterocycles. The van der Waals surface area contributed by atoms with Gasteiger partial charge in [0.1, 0.15) is 0 Å². The van der Waals surface area contributed by atoms with Crippen molar-refractivity contribution >= 4 is 40.1 Å². The van der Waals surface area contributed by atoms with Gasteiger partial charge in [0.05, 0.1) is 31.5 Å². The summed E-state index contributed by atoms with van der Waals surface area (Å²) in [5.41, 5.74) is 5.59. The molecule has 1 aliphatic rings. The predicted molar refractivity (Wildman–Crippen MR) is 137 cm³/mol. The maximum Gasteiger partial charge on any atom is 0.338 e. The Morgan fingerprint density at radius 1 is 1.17 bits per heavy atom. The lowest BCUT2D eigenvalue weighted by molar-refractivity contribution is -0.139. The molecule has 11 heteroatoms. The van der Waals surface area contributed by atoms with Gasteiger partial charge in [-0.2, -0.15) is 5.10 Å². The molecule has 0 radical (unpaired) electrons. The molecule has 0 fully saturated rings. The van der Waals surface area contributed by atoms with Crippen molar-refractivity contribution in [2.75, 3.05) is 20.3 Å². The van der Waals surface area contributed by atoms with Crippen LogP contribution in [0.2, 0.25) is 0 Å². The van der Waals surface area contributed by atoms with Crippen molar-refractivity contribution in [3.63, 3.8) is 0 Å². The number of urea groups is 1. The van der Waals surface area contributed by atoms with Crippen LogP contribution in [0.25, 0.3) is 0 Å². The summed E-state index contributed by atoms with van der Waals surface area (Å²) in [5, 5.41) is 9.26. The van der Waals surface area contributed by atoms with Crippen LogP contribution in [-0.4, -0.2) is 44.4 Å². The summed E-state index contributed by atoms with van der Waals surface area (Å²) < 4.78 is 17.1. The van der Waals surface area contributed by atoms with Gasteiger partial charge in [0.15, 0.2) is 18.1 Å². The molecule has 1 heterocycles. The van der Waals surface area contributed by atoms with Gasteiger partial charge in [-0.05, 0) is 55.7 Å². The summed E-state index contributed by atoms with van der Waals surface area (Å²) in [6, 6.07) is 9.42. The molecule has 0 aromatic heterocycles. The first-order valence-electron chi connectivity index (χ1n) is 11.1. The van der Waals surface area contributed by atoms with E-state index in [0.29, 0.717) is 22.8 Å². The standard InChI is InChI=1S/C25H27BrN4O6/c1-5-35-24(32)22-15(3)28-25(33)29-23(22)17-8-9-19(20(11-17)34-4)36-13-21(31)30-27-12-16-7-6-14(2)18(26)10-16/h6-12,23H,5,13H2,1-4H3,(H,30,31)(H2,28,29,33)/b27-12-/t23-/m0/s1. The molecule has 1 aliphatic heterocycles. The van der Waals surface area contributed by atoms with Crippen LogP contribution < -0.4 is 25.5 Å². The molecular weight excluding hydrogens is 532 g/mol. The quantitative estimate of drug-likeness (QED) is 0.245. The highest BCUT2D eigenvalue weighted by molar-refractivity contribution is 9.10. The number of carbonyl (C=O) groups is 3. The largest absolute Gasteiger partial charge is 0.493 e. The first-order valence-corrected chi connectivity index (χ1v) is 11.9. The second-order valence-corrected chi connectivity index (χ2v) is 8.65. The van der Waals surface area contributed by atoms with Crippen LogP contribution in [0.3, 0.4) is 0 Å². The molecule has 1 atom stereocenters. The third kappa shape index (κ3) is 6.63. The summed E-state index contributed by atoms with van der Waals surface area (Å²) >= 11 is 3.45. The molecule has 2 aromatic rings. The van der Waals surface area contributed by atoms with Crippen molar-refractivity contribution in [3.8, 4) is 11.5 Å². The molecule has 0 saturated carbocycles. The fourth-order valence-electron chi connectivity index (χ4n) is 3.45. The van der Waals surface area contributed by atoms with Crippen LogP contribution in [0.1, 0.15) is 36.6 Å². The Kier molecular flexibility index (Phi) is 9.07. The van der Waals surface area contributed by atoms with Crippen LogP contribution in [-0.2, 0) is 14.3 Å². The Morgan fingerprint density at radius 3 is 2.64 bits per heavy atom. The average Bonchev–Trinajstić information content (AvgIpc) is 2.84. The van der Waals surface area contributed by atoms with Gasteiger partial charge in [-0.3, -0.25) is 4.79 Å². The Morgan fingerprint density at radius 2 is 1.94 bits per heavy atom. The number of hydrogen-bond acceptors (Lipinski definition) is 7. The number of nitrogens with one attached hydrogen (secondary N) is 3. The zero-order chi connectivity index (χ0) is 26.2. The highest BCUT2D eigenvalue weighted by atomic mass is 79.9. The monoisotopic (exact) mass is 558 g/mol. The number of hydrogen-bond donors (Lipinski definition) is 3. The van der Waals surface area contributed by atoms with Crippen LogP contribution in [0.5, 0.6) is 11.5 Å². The second-order valence-electron chi connectivity index (χ2n) is 7.79. The summed E-state index contributed by atoms with van der Waals surface area (Å²) in [4.78, 5) is 36.8. The van der Waals surface area contributed by atoms with Crippen LogP contribution in [0.15, 0.2) is 57.2 Å². The van der Waals surface area contributed by atoms with Gasteiger partial charge in [-0.15, -0.1) is 0 Å². The smallest absolute Gasteiger partial charge is 0.338 e. The number of aryl methyl sites for hydroxylation is 1. The minimum Gasteiger partial charge on any atom is -0.493 e. The normalized spacial score (nSPS) is 15.2. The molecule has 0 unspecified atom stereocenters. The van der Waals surface area contributed by atoms with E-state index in [1.807, 2.05) is 25.1 Å². The average molecular weight is 559 g/mol. The van der Waals surface area contributed by atoms with E-state index in [1.54, 1.807) is 32.0 Å². The minimum absolute atomic E-state index is 0.195. The van der Waals surface area contributed by atoms with Gasteiger partial charge in [-0.25, -0.2) is 15.0 Å². The topological polar surface area (TPSA) is 127 Å². The molecule has 0 aliphatic carbocycles. The molecule has 36 heavy (non-hydrogen) atoms. The van der Waals surface area contributed by atoms with Crippen molar-refractivity contribution in [2.45, 2.75) is 26.8 Å². The molecular formula is C25H27BrN4O6. The third-order valence-electron chi connectivity index (χ3n) is 5.24. The van der Waals surface area contributed by atoms with E-state index in [2.05, 4.69) is 37.1 Å². The number of amides is 3. The van der Waals surface area contributed by atoms with Gasteiger partial charge in [0.25, 0.3) is 5.91 Å². The number of esters is 1. The van der Waals surface area contributed by atoms with Crippen molar-refractivity contribution in [1.29, 1.82) is 0 Å². The van der Waals surface area contributed by atoms with E-state index in [0.717, 1.165) is 15.6 Å². The second kappa shape index (κ2) is 12.2. The van der Waals surface area contributed by atoms with Gasteiger partial charge in [0, 0.05) is 10.2 Å². The summed E-state index contributed by atoms with van der Waals surface area (Å²) in [7, 11) is 1.45. The maximum atomic E-state index is 12.5. The van der Waals surface area contributed by atoms with Crippen molar-refractivity contribution in [3.05, 3.63) is 68.8 Å². The third-order valence-corrected chi connectivity index (χ3v) is 6.10. The first kappa shape index (κ1) is 26.7. The Balaban J connectivity index is 1.68. The van der Waals surface area contributed by atoms with E-state index < -0.39 is 23.9 Å². The number of rotatable bonds is 9. The molecule has 2 aromatic carbocycles. The fraction of sp³-hybridized carbons (Fsp3) is 0.280. The van der Waals surface area contributed by atoms with Crippen molar-refractivity contribution in [1.82, 2.24) is 16.1 Å². The number of halogens is 1. The molecule has 0 bridgehead atoms. The maximum absolute atomic E-state index is 12.5. The van der Waals surface area contributed by atoms with Gasteiger partial charge in [-0.1, -0.05) is 34.1 Å². The molecule has 3 amide bonds. The van der Waals surface area contributed by atoms with Crippen LogP contribution >= 0.6 is 15.9 Å². The van der Waals surface area contributed by atoms with Crippen molar-refractivity contribution in [2.24, 2.45) is 5.10 Å². The Labute approximate surface area is 217 Å². The van der Waals surface area contributed by atoms with E-state index in [9.17, 15) is 14.4 Å². The van der Waals surface area contributed by atoms with Crippen LogP contribution in [0, 0.1) is 6.92 Å². The van der Waals surface area contributed by atoms with E-state index >= 15 is 0 Å². The highest BCUT2D eigenvalue weighted by Crippen LogP contribution is 2.34. The van der Waals surface area contributed by atoms with Gasteiger partial charge in [0.2, 0.25) is 0 Å². The summed E-state index contributed by atoms with van der Waals surface area (Å²) in [5.74, 6) is -0.372. The number of carbonyl (C=O) groups excluding carboxylic acids is 3. The minimum atomic E-state index is -0.750. The van der Waals surface area contributed by atoms with Crippen molar-refractivity contribution < 1.29 is 28.6 Å². The van der Waals surface area contributed by atoms with E-state index in [1.165, 1.54) is 13.3 Å². The predicted octanol–water partition coefficient (Wildman–Crippen LogP) is 3.49. The van der Waals surface area contributed by atoms with Crippen LogP contribution in [0.4, 0.5) is 4.79 Å². The van der Waals surface area contributed by atoms with E-state index in [-0.39, 0.29) is 18.8 Å². The summed E-state index contributed by atoms with van der Waals surface area (Å²) in [6.45, 7) is 5.20. The Bertz CT molecular complexity index is 1230. The zero-order valence-corrected chi connectivity index (χ0v) is 21.9. The summed E-state index contributed by atoms with van der Waals surface area (Å²) in [6.07, 6.45) is 1.53. The Hall–Kier alpha value is -3.86. The lowest BCUT2D eigenvalue weighted by Crippen LogP contribution is -2.45. The SMILES string of the molecule is CCOC(=O)C1=C(C)NC(=O)N[C@H]1c1ccc(OCC(=O)N/N=C\c2ccc(C)c(Br)c2)c(OC)c1. The van der Waals surface area contributed by atoms with Gasteiger partial charge >= 0.3 is 12.0 Å². The lowest BCUT2D eigenvalue weighted by atomic mass is 9.95. The zero-order valence-electron chi connectivity index (χ0n) is 20.3. The molecule has 3 N–H and O–H groups in total. The lowest BCUT2D eigenvalue weighted by Gasteiger charge is -2.28. The molecule has 3 rings (SSSR count). The van der Waals surface area contributed by atoms with E-state index in [4.69, 9.17) is 14.2 Å². The molecule has 190 valence electrons. The number of benzene rings is 2.